The number of benzene rings is 2. The van der Waals surface area contributed by atoms with Crippen molar-refractivity contribution in [1.29, 1.82) is 0 Å². The van der Waals surface area contributed by atoms with Gasteiger partial charge in [-0.15, -0.1) is 21.5 Å². The van der Waals surface area contributed by atoms with Crippen molar-refractivity contribution >= 4 is 39.0 Å². The van der Waals surface area contributed by atoms with Gasteiger partial charge in [0.05, 0.1) is 15.2 Å². The number of anilines is 2. The van der Waals surface area contributed by atoms with Crippen LogP contribution < -0.4 is 10.2 Å². The highest BCUT2D eigenvalue weighted by Gasteiger charge is 2.24. The minimum Gasteiger partial charge on any atom is -0.355 e. The van der Waals surface area contributed by atoms with Crippen LogP contribution in [0.1, 0.15) is 34.3 Å². The number of piperidine rings is 1. The first-order chi connectivity index (χ1) is 14.8. The molecule has 30 heavy (non-hydrogen) atoms. The van der Waals surface area contributed by atoms with Gasteiger partial charge in [0.1, 0.15) is 0 Å². The van der Waals surface area contributed by atoms with Crippen LogP contribution in [0.5, 0.6) is 0 Å². The second kappa shape index (κ2) is 8.20. The number of amides is 1. The van der Waals surface area contributed by atoms with E-state index >= 15 is 0 Å². The van der Waals surface area contributed by atoms with Crippen LogP contribution in [0.15, 0.2) is 66.7 Å². The number of nitrogens with one attached hydrogen (secondary N) is 1. The summed E-state index contributed by atoms with van der Waals surface area (Å²) in [5, 5.41) is 12.5. The summed E-state index contributed by atoms with van der Waals surface area (Å²) in [6, 6.07) is 21.3. The first kappa shape index (κ1) is 18.7. The number of thiazole rings is 1. The molecule has 0 radical (unpaired) electrons. The van der Waals surface area contributed by atoms with E-state index in [0.29, 0.717) is 11.6 Å². The summed E-state index contributed by atoms with van der Waals surface area (Å²) in [5.41, 5.74) is 2.15. The molecule has 1 saturated heterocycles. The summed E-state index contributed by atoms with van der Waals surface area (Å²) < 4.78 is 1.25. The summed E-state index contributed by atoms with van der Waals surface area (Å²) in [7, 11) is 0. The zero-order valence-electron chi connectivity index (χ0n) is 16.4. The Kier molecular flexibility index (Phi) is 5.11. The van der Waals surface area contributed by atoms with Crippen LogP contribution in [0.2, 0.25) is 0 Å². The molecule has 4 aromatic rings. The number of carbonyl (C=O) groups excluding carboxylic acids is 1. The summed E-state index contributed by atoms with van der Waals surface area (Å²) in [6.45, 7) is 1.82. The fraction of sp³-hybridized carbons (Fsp3) is 0.217. The average Bonchev–Trinajstić information content (AvgIpc) is 3.24. The third-order valence-electron chi connectivity index (χ3n) is 5.39. The molecule has 5 rings (SSSR count). The summed E-state index contributed by atoms with van der Waals surface area (Å²) >= 11 is 1.80. The molecule has 0 bridgehead atoms. The van der Waals surface area contributed by atoms with Gasteiger partial charge in [-0.25, -0.2) is 4.98 Å². The van der Waals surface area contributed by atoms with Crippen molar-refractivity contribution in [2.24, 2.45) is 0 Å². The quantitative estimate of drug-likeness (QED) is 0.522. The molecule has 0 spiro atoms. The van der Waals surface area contributed by atoms with E-state index in [-0.39, 0.29) is 5.91 Å². The number of hydrogen-bond acceptors (Lipinski definition) is 6. The van der Waals surface area contributed by atoms with Crippen LogP contribution >= 0.6 is 11.3 Å². The molecule has 0 unspecified atom stereocenters. The highest BCUT2D eigenvalue weighted by atomic mass is 32.1. The van der Waals surface area contributed by atoms with Crippen LogP contribution in [0.3, 0.4) is 0 Å². The Balaban J connectivity index is 1.21. The second-order valence-electron chi connectivity index (χ2n) is 7.38. The normalized spacial score (nSPS) is 14.7. The molecule has 0 saturated carbocycles. The van der Waals surface area contributed by atoms with Gasteiger partial charge in [0.15, 0.2) is 11.5 Å². The molecule has 6 nitrogen and oxygen atoms in total. The van der Waals surface area contributed by atoms with E-state index in [9.17, 15) is 4.79 Å². The number of carbonyl (C=O) groups is 1. The molecule has 0 aliphatic carbocycles. The number of para-hydroxylation sites is 2. The van der Waals surface area contributed by atoms with Gasteiger partial charge < -0.3 is 10.2 Å². The van der Waals surface area contributed by atoms with Gasteiger partial charge in [0.2, 0.25) is 0 Å². The first-order valence-corrected chi connectivity index (χ1v) is 10.9. The monoisotopic (exact) mass is 415 g/mol. The van der Waals surface area contributed by atoms with Crippen LogP contribution in [-0.4, -0.2) is 34.2 Å². The minimum absolute atomic E-state index is 0.255. The smallest absolute Gasteiger partial charge is 0.276 e. The lowest BCUT2D eigenvalue weighted by molar-refractivity contribution is 0.102. The van der Waals surface area contributed by atoms with Crippen molar-refractivity contribution in [3.05, 3.63) is 77.4 Å². The Bertz CT molecular complexity index is 1120. The van der Waals surface area contributed by atoms with Gasteiger partial charge >= 0.3 is 0 Å². The predicted molar refractivity (Wildman–Crippen MR) is 120 cm³/mol. The first-order valence-electron chi connectivity index (χ1n) is 10.1. The van der Waals surface area contributed by atoms with Crippen LogP contribution in [-0.2, 0) is 0 Å². The van der Waals surface area contributed by atoms with E-state index in [4.69, 9.17) is 4.98 Å². The van der Waals surface area contributed by atoms with Crippen molar-refractivity contribution < 1.29 is 4.79 Å². The van der Waals surface area contributed by atoms with Crippen molar-refractivity contribution in [2.45, 2.75) is 18.8 Å². The van der Waals surface area contributed by atoms with E-state index in [0.717, 1.165) is 43.0 Å². The molecule has 1 aliphatic rings. The molecule has 7 heteroatoms. The van der Waals surface area contributed by atoms with Gasteiger partial charge in [-0.1, -0.05) is 30.3 Å². The Morgan fingerprint density at radius 1 is 0.933 bits per heavy atom. The van der Waals surface area contributed by atoms with Gasteiger partial charge in [0, 0.05) is 24.7 Å². The van der Waals surface area contributed by atoms with Crippen molar-refractivity contribution in [2.75, 3.05) is 23.3 Å². The lowest BCUT2D eigenvalue weighted by atomic mass is 9.97. The highest BCUT2D eigenvalue weighted by molar-refractivity contribution is 7.18. The summed E-state index contributed by atoms with van der Waals surface area (Å²) in [5.74, 6) is 1.05. The van der Waals surface area contributed by atoms with E-state index in [1.807, 2.05) is 42.5 Å². The fourth-order valence-corrected chi connectivity index (χ4v) is 4.89. The number of rotatable bonds is 4. The second-order valence-corrected chi connectivity index (χ2v) is 8.44. The fourth-order valence-electron chi connectivity index (χ4n) is 3.75. The van der Waals surface area contributed by atoms with Gasteiger partial charge in [-0.2, -0.15) is 0 Å². The Hall–Kier alpha value is -3.32. The maximum Gasteiger partial charge on any atom is 0.276 e. The van der Waals surface area contributed by atoms with Gasteiger partial charge in [0.25, 0.3) is 5.91 Å². The van der Waals surface area contributed by atoms with E-state index in [2.05, 4.69) is 38.6 Å². The molecule has 1 N–H and O–H groups in total. The molecular weight excluding hydrogens is 394 g/mol. The van der Waals surface area contributed by atoms with Crippen molar-refractivity contribution in [3.63, 3.8) is 0 Å². The lowest BCUT2D eigenvalue weighted by Crippen LogP contribution is -2.33. The predicted octanol–water partition coefficient (Wildman–Crippen LogP) is 4.72. The van der Waals surface area contributed by atoms with E-state index < -0.39 is 0 Å². The van der Waals surface area contributed by atoms with E-state index in [1.54, 1.807) is 17.4 Å². The molecule has 2 aromatic carbocycles. The van der Waals surface area contributed by atoms with Gasteiger partial charge in [-0.05, 0) is 49.2 Å². The summed E-state index contributed by atoms with van der Waals surface area (Å²) in [4.78, 5) is 19.4. The zero-order valence-corrected chi connectivity index (χ0v) is 17.2. The SMILES string of the molecule is O=C(Nc1ccccc1)c1ccc(N2CCC(c3nc4ccccc4s3)CC2)nn1. The molecule has 1 amide bonds. The Morgan fingerprint density at radius 3 is 2.43 bits per heavy atom. The Labute approximate surface area is 178 Å². The molecule has 3 heterocycles. The standard InChI is InChI=1S/C23H21N5OS/c29-22(24-17-6-2-1-3-7-17)19-10-11-21(27-26-19)28-14-12-16(13-15-28)23-25-18-8-4-5-9-20(18)30-23/h1-11,16H,12-15H2,(H,24,29). The van der Waals surface area contributed by atoms with E-state index in [1.165, 1.54) is 9.71 Å². The number of fused-ring (bicyclic) bond motifs is 1. The topological polar surface area (TPSA) is 71.0 Å². The van der Waals surface area contributed by atoms with Gasteiger partial charge in [-0.3, -0.25) is 4.79 Å². The minimum atomic E-state index is -0.255. The summed E-state index contributed by atoms with van der Waals surface area (Å²) in [6.07, 6.45) is 2.08. The molecule has 2 aromatic heterocycles. The number of aromatic nitrogens is 3. The average molecular weight is 416 g/mol. The molecule has 0 atom stereocenters. The number of hydrogen-bond donors (Lipinski definition) is 1. The zero-order chi connectivity index (χ0) is 20.3. The molecule has 1 aliphatic heterocycles. The van der Waals surface area contributed by atoms with Crippen molar-refractivity contribution in [3.8, 4) is 0 Å². The largest absolute Gasteiger partial charge is 0.355 e. The van der Waals surface area contributed by atoms with Crippen LogP contribution in [0.4, 0.5) is 11.5 Å². The molecule has 1 fully saturated rings. The Morgan fingerprint density at radius 2 is 1.70 bits per heavy atom. The maximum absolute atomic E-state index is 12.3. The highest BCUT2D eigenvalue weighted by Crippen LogP contribution is 2.34. The van der Waals surface area contributed by atoms with Crippen LogP contribution in [0.25, 0.3) is 10.2 Å². The maximum atomic E-state index is 12.3. The number of nitrogens with zero attached hydrogens (tertiary/aromatic N) is 4. The molecule has 150 valence electrons. The lowest BCUT2D eigenvalue weighted by Gasteiger charge is -2.31. The molecular formula is C23H21N5OS. The van der Waals surface area contributed by atoms with Crippen LogP contribution in [0, 0.1) is 0 Å². The third kappa shape index (κ3) is 3.89. The third-order valence-corrected chi connectivity index (χ3v) is 6.59. The van der Waals surface area contributed by atoms with Crippen molar-refractivity contribution in [1.82, 2.24) is 15.2 Å².